The van der Waals surface area contributed by atoms with Crippen LogP contribution in [0.15, 0.2) is 36.5 Å². The molecule has 1 amide bonds. The molecule has 1 heterocycles. The molecule has 0 spiro atoms. The van der Waals surface area contributed by atoms with Crippen LogP contribution >= 0.6 is 0 Å². The van der Waals surface area contributed by atoms with Gasteiger partial charge in [-0.2, -0.15) is 4.98 Å². The highest BCUT2D eigenvalue weighted by Crippen LogP contribution is 2.21. The summed E-state index contributed by atoms with van der Waals surface area (Å²) in [6, 6.07) is 9.66. The van der Waals surface area contributed by atoms with Crippen LogP contribution < -0.4 is 16.0 Å². The normalized spacial score (nSPS) is 10.0. The standard InChI is InChI=1S/C15H18N6O3/c1-11(22)16-7-8-17-14-13(21(23)24)10-19-15(20-14)18-9-12-5-3-2-4-6-12/h2-6,10H,7-9H2,1H3,(H,16,22)(H2,17,18,19,20). The van der Waals surface area contributed by atoms with E-state index in [4.69, 9.17) is 0 Å². The first-order valence-electron chi connectivity index (χ1n) is 7.34. The zero-order valence-electron chi connectivity index (χ0n) is 13.2. The highest BCUT2D eigenvalue weighted by atomic mass is 16.6. The molecule has 0 aliphatic carbocycles. The molecule has 1 aromatic heterocycles. The van der Waals surface area contributed by atoms with E-state index in [-0.39, 0.29) is 23.4 Å². The second-order valence-electron chi connectivity index (χ2n) is 4.93. The van der Waals surface area contributed by atoms with Crippen molar-refractivity contribution in [3.8, 4) is 0 Å². The van der Waals surface area contributed by atoms with E-state index >= 15 is 0 Å². The quantitative estimate of drug-likeness (QED) is 0.381. The third-order valence-electron chi connectivity index (χ3n) is 3.05. The van der Waals surface area contributed by atoms with E-state index in [1.807, 2.05) is 30.3 Å². The molecule has 0 saturated carbocycles. The fourth-order valence-electron chi connectivity index (χ4n) is 1.92. The van der Waals surface area contributed by atoms with Crippen LogP contribution in [0.25, 0.3) is 0 Å². The van der Waals surface area contributed by atoms with E-state index in [0.717, 1.165) is 11.8 Å². The fourth-order valence-corrected chi connectivity index (χ4v) is 1.92. The van der Waals surface area contributed by atoms with Crippen LogP contribution in [0.5, 0.6) is 0 Å². The SMILES string of the molecule is CC(=O)NCCNc1nc(NCc2ccccc2)ncc1[N+](=O)[O-]. The Morgan fingerprint density at radius 3 is 2.62 bits per heavy atom. The predicted molar refractivity (Wildman–Crippen MR) is 89.6 cm³/mol. The lowest BCUT2D eigenvalue weighted by Gasteiger charge is -2.09. The van der Waals surface area contributed by atoms with Gasteiger partial charge in [-0.25, -0.2) is 4.98 Å². The maximum absolute atomic E-state index is 11.0. The Labute approximate surface area is 138 Å². The molecule has 2 rings (SSSR count). The molecule has 126 valence electrons. The van der Waals surface area contributed by atoms with Crippen molar-refractivity contribution in [2.75, 3.05) is 23.7 Å². The number of benzene rings is 1. The van der Waals surface area contributed by atoms with Gasteiger partial charge in [0.2, 0.25) is 17.7 Å². The largest absolute Gasteiger partial charge is 0.362 e. The topological polar surface area (TPSA) is 122 Å². The number of nitro groups is 1. The molecule has 0 bridgehead atoms. The van der Waals surface area contributed by atoms with Gasteiger partial charge in [-0.05, 0) is 5.56 Å². The molecule has 3 N–H and O–H groups in total. The highest BCUT2D eigenvalue weighted by molar-refractivity contribution is 5.72. The Morgan fingerprint density at radius 1 is 1.21 bits per heavy atom. The van der Waals surface area contributed by atoms with E-state index in [0.29, 0.717) is 19.6 Å². The van der Waals surface area contributed by atoms with Gasteiger partial charge in [0.05, 0.1) is 4.92 Å². The molecule has 9 nitrogen and oxygen atoms in total. The van der Waals surface area contributed by atoms with E-state index in [1.54, 1.807) is 0 Å². The molecule has 0 fully saturated rings. The number of nitrogens with zero attached hydrogens (tertiary/aromatic N) is 3. The van der Waals surface area contributed by atoms with Crippen LogP contribution in [-0.2, 0) is 11.3 Å². The molecule has 0 atom stereocenters. The number of anilines is 2. The summed E-state index contributed by atoms with van der Waals surface area (Å²) in [6.07, 6.45) is 1.15. The second-order valence-corrected chi connectivity index (χ2v) is 4.93. The molecule has 1 aromatic carbocycles. The average molecular weight is 330 g/mol. The zero-order chi connectivity index (χ0) is 17.4. The van der Waals surface area contributed by atoms with Crippen molar-refractivity contribution in [1.29, 1.82) is 0 Å². The Balaban J connectivity index is 2.03. The van der Waals surface area contributed by atoms with Crippen molar-refractivity contribution < 1.29 is 9.72 Å². The minimum atomic E-state index is -0.554. The molecule has 9 heteroatoms. The molecular formula is C15H18N6O3. The van der Waals surface area contributed by atoms with Crippen LogP contribution in [0.2, 0.25) is 0 Å². The van der Waals surface area contributed by atoms with Crippen LogP contribution in [0.4, 0.5) is 17.5 Å². The summed E-state index contributed by atoms with van der Waals surface area (Å²) >= 11 is 0. The molecular weight excluding hydrogens is 312 g/mol. The Morgan fingerprint density at radius 2 is 1.96 bits per heavy atom. The summed E-state index contributed by atoms with van der Waals surface area (Å²) in [4.78, 5) is 29.4. The summed E-state index contributed by atoms with van der Waals surface area (Å²) in [7, 11) is 0. The first-order chi connectivity index (χ1) is 11.6. The lowest BCUT2D eigenvalue weighted by Crippen LogP contribution is -2.26. The maximum atomic E-state index is 11.0. The number of carbonyl (C=O) groups is 1. The van der Waals surface area contributed by atoms with Gasteiger partial charge in [-0.3, -0.25) is 14.9 Å². The summed E-state index contributed by atoms with van der Waals surface area (Å²) in [5.74, 6) is 0.224. The van der Waals surface area contributed by atoms with E-state index < -0.39 is 4.92 Å². The molecule has 0 radical (unpaired) electrons. The summed E-state index contributed by atoms with van der Waals surface area (Å²) < 4.78 is 0. The van der Waals surface area contributed by atoms with Crippen molar-refractivity contribution in [1.82, 2.24) is 15.3 Å². The third-order valence-corrected chi connectivity index (χ3v) is 3.05. The third kappa shape index (κ3) is 5.20. The smallest absolute Gasteiger partial charge is 0.329 e. The Hall–Kier alpha value is -3.23. The molecule has 0 aliphatic heterocycles. The number of nitrogens with one attached hydrogen (secondary N) is 3. The van der Waals surface area contributed by atoms with Crippen LogP contribution in [-0.4, -0.2) is 33.9 Å². The monoisotopic (exact) mass is 330 g/mol. The van der Waals surface area contributed by atoms with Gasteiger partial charge in [0.1, 0.15) is 6.20 Å². The zero-order valence-corrected chi connectivity index (χ0v) is 13.2. The number of carbonyl (C=O) groups excluding carboxylic acids is 1. The minimum Gasteiger partial charge on any atom is -0.362 e. The number of amides is 1. The van der Waals surface area contributed by atoms with Crippen molar-refractivity contribution in [3.63, 3.8) is 0 Å². The highest BCUT2D eigenvalue weighted by Gasteiger charge is 2.16. The number of hydrogen-bond donors (Lipinski definition) is 3. The number of aromatic nitrogens is 2. The first-order valence-corrected chi connectivity index (χ1v) is 7.34. The van der Waals surface area contributed by atoms with Gasteiger partial charge >= 0.3 is 5.69 Å². The number of hydrogen-bond acceptors (Lipinski definition) is 7. The van der Waals surface area contributed by atoms with Crippen molar-refractivity contribution in [2.45, 2.75) is 13.5 Å². The van der Waals surface area contributed by atoms with E-state index in [2.05, 4.69) is 25.9 Å². The van der Waals surface area contributed by atoms with Gasteiger partial charge in [0, 0.05) is 26.6 Å². The fraction of sp³-hybridized carbons (Fsp3) is 0.267. The van der Waals surface area contributed by atoms with E-state index in [1.165, 1.54) is 6.92 Å². The van der Waals surface area contributed by atoms with Crippen molar-refractivity contribution in [3.05, 3.63) is 52.2 Å². The predicted octanol–water partition coefficient (Wildman–Crippen LogP) is 1.54. The van der Waals surface area contributed by atoms with Crippen molar-refractivity contribution in [2.24, 2.45) is 0 Å². The van der Waals surface area contributed by atoms with Crippen molar-refractivity contribution >= 4 is 23.4 Å². The summed E-state index contributed by atoms with van der Waals surface area (Å²) in [5.41, 5.74) is 0.822. The molecule has 2 aromatic rings. The van der Waals surface area contributed by atoms with Crippen LogP contribution in [0.3, 0.4) is 0 Å². The number of rotatable bonds is 8. The summed E-state index contributed by atoms with van der Waals surface area (Å²) in [6.45, 7) is 2.56. The second kappa shape index (κ2) is 8.42. The van der Waals surface area contributed by atoms with Gasteiger partial charge in [-0.1, -0.05) is 30.3 Å². The minimum absolute atomic E-state index is 0.107. The van der Waals surface area contributed by atoms with Crippen LogP contribution in [0.1, 0.15) is 12.5 Å². The van der Waals surface area contributed by atoms with E-state index in [9.17, 15) is 14.9 Å². The molecule has 0 saturated heterocycles. The van der Waals surface area contributed by atoms with Gasteiger partial charge in [0.15, 0.2) is 0 Å². The van der Waals surface area contributed by atoms with Gasteiger partial charge < -0.3 is 16.0 Å². The summed E-state index contributed by atoms with van der Waals surface area (Å²) in [5, 5.41) is 19.5. The Kier molecular flexibility index (Phi) is 6.01. The average Bonchev–Trinajstić information content (AvgIpc) is 2.57. The Bertz CT molecular complexity index is 708. The first kappa shape index (κ1) is 17.1. The molecule has 24 heavy (non-hydrogen) atoms. The van der Waals surface area contributed by atoms with Gasteiger partial charge in [0.25, 0.3) is 0 Å². The lowest BCUT2D eigenvalue weighted by atomic mass is 10.2. The molecule has 0 unspecified atom stereocenters. The lowest BCUT2D eigenvalue weighted by molar-refractivity contribution is -0.384. The molecule has 0 aliphatic rings. The van der Waals surface area contributed by atoms with Crippen LogP contribution in [0, 0.1) is 10.1 Å². The maximum Gasteiger partial charge on any atom is 0.329 e. The van der Waals surface area contributed by atoms with Gasteiger partial charge in [-0.15, -0.1) is 0 Å².